The van der Waals surface area contributed by atoms with Crippen molar-refractivity contribution in [3.8, 4) is 5.88 Å². The van der Waals surface area contributed by atoms with E-state index < -0.39 is 0 Å². The zero-order chi connectivity index (χ0) is 14.7. The van der Waals surface area contributed by atoms with Gasteiger partial charge in [0.25, 0.3) is 0 Å². The van der Waals surface area contributed by atoms with Crippen molar-refractivity contribution < 1.29 is 13.9 Å². The molecule has 1 aliphatic rings. The summed E-state index contributed by atoms with van der Waals surface area (Å²) in [6.45, 7) is 1.91. The second kappa shape index (κ2) is 6.05. The molecule has 1 aliphatic heterocycles. The lowest BCUT2D eigenvalue weighted by molar-refractivity contribution is 0.0391. The fourth-order valence-corrected chi connectivity index (χ4v) is 2.31. The molecule has 0 bridgehead atoms. The van der Waals surface area contributed by atoms with Crippen LogP contribution >= 0.6 is 0 Å². The monoisotopic (exact) mass is 289 g/mol. The molecule has 1 aromatic heterocycles. The van der Waals surface area contributed by atoms with Gasteiger partial charge >= 0.3 is 0 Å². The third-order valence-corrected chi connectivity index (χ3v) is 3.42. The van der Waals surface area contributed by atoms with E-state index in [0.29, 0.717) is 31.5 Å². The summed E-state index contributed by atoms with van der Waals surface area (Å²) in [4.78, 5) is 10.6. The van der Waals surface area contributed by atoms with Crippen LogP contribution in [-0.2, 0) is 4.74 Å². The maximum absolute atomic E-state index is 13.0. The Balaban J connectivity index is 1.77. The number of aromatic nitrogens is 2. The fourth-order valence-electron chi connectivity index (χ4n) is 2.31. The molecule has 0 saturated carbocycles. The molecule has 110 valence electrons. The predicted molar refractivity (Wildman–Crippen MR) is 75.9 cm³/mol. The average molecular weight is 289 g/mol. The zero-order valence-electron chi connectivity index (χ0n) is 11.7. The molecule has 1 saturated heterocycles. The van der Waals surface area contributed by atoms with Gasteiger partial charge in [-0.15, -0.1) is 0 Å². The van der Waals surface area contributed by atoms with E-state index in [1.165, 1.54) is 12.1 Å². The Labute approximate surface area is 122 Å². The molecule has 0 aliphatic carbocycles. The molecular formula is C15H16FN3O2. The van der Waals surface area contributed by atoms with E-state index in [0.717, 1.165) is 5.56 Å². The largest absolute Gasteiger partial charge is 0.481 e. The van der Waals surface area contributed by atoms with E-state index in [4.69, 9.17) is 9.47 Å². The van der Waals surface area contributed by atoms with Crippen LogP contribution < -0.4 is 9.64 Å². The Morgan fingerprint density at radius 1 is 1.29 bits per heavy atom. The summed E-state index contributed by atoms with van der Waals surface area (Å²) in [6.07, 6.45) is 1.55. The van der Waals surface area contributed by atoms with E-state index in [2.05, 4.69) is 9.97 Å². The molecule has 1 unspecified atom stereocenters. The minimum absolute atomic E-state index is 0.117. The molecule has 1 fully saturated rings. The van der Waals surface area contributed by atoms with Gasteiger partial charge < -0.3 is 14.4 Å². The first-order valence-corrected chi connectivity index (χ1v) is 6.75. The molecule has 2 aromatic rings. The minimum Gasteiger partial charge on any atom is -0.481 e. The van der Waals surface area contributed by atoms with E-state index in [9.17, 15) is 4.39 Å². The van der Waals surface area contributed by atoms with Crippen LogP contribution in [0.5, 0.6) is 5.88 Å². The van der Waals surface area contributed by atoms with Crippen molar-refractivity contribution in [2.45, 2.75) is 6.10 Å². The van der Waals surface area contributed by atoms with Crippen molar-refractivity contribution in [1.82, 2.24) is 9.97 Å². The lowest BCUT2D eigenvalue weighted by Crippen LogP contribution is -2.39. The summed E-state index contributed by atoms with van der Waals surface area (Å²) in [5.41, 5.74) is 0.948. The van der Waals surface area contributed by atoms with Crippen molar-refractivity contribution in [1.29, 1.82) is 0 Å². The molecule has 1 atom stereocenters. The third kappa shape index (κ3) is 3.11. The van der Waals surface area contributed by atoms with E-state index in [1.54, 1.807) is 31.5 Å². The van der Waals surface area contributed by atoms with E-state index >= 15 is 0 Å². The number of morpholine rings is 1. The first-order valence-electron chi connectivity index (χ1n) is 6.75. The highest BCUT2D eigenvalue weighted by Gasteiger charge is 2.24. The summed E-state index contributed by atoms with van der Waals surface area (Å²) in [6, 6.07) is 8.09. The summed E-state index contributed by atoms with van der Waals surface area (Å²) in [7, 11) is 1.58. The quantitative estimate of drug-likeness (QED) is 0.867. The first-order chi connectivity index (χ1) is 10.3. The van der Waals surface area contributed by atoms with Gasteiger partial charge in [0.05, 0.1) is 20.3 Å². The topological polar surface area (TPSA) is 47.5 Å². The molecule has 1 aromatic carbocycles. The van der Waals surface area contributed by atoms with Crippen LogP contribution in [0.3, 0.4) is 0 Å². The molecule has 21 heavy (non-hydrogen) atoms. The van der Waals surface area contributed by atoms with Gasteiger partial charge in [0, 0.05) is 18.8 Å². The number of hydrogen-bond donors (Lipinski definition) is 0. The number of benzene rings is 1. The van der Waals surface area contributed by atoms with Gasteiger partial charge in [-0.3, -0.25) is 0 Å². The van der Waals surface area contributed by atoms with Gasteiger partial charge in [0.1, 0.15) is 11.9 Å². The minimum atomic E-state index is -0.248. The first kappa shape index (κ1) is 13.8. The number of anilines is 1. The molecule has 3 rings (SSSR count). The van der Waals surface area contributed by atoms with Gasteiger partial charge in [0.15, 0.2) is 0 Å². The van der Waals surface area contributed by atoms with E-state index in [1.807, 2.05) is 4.90 Å². The molecule has 0 spiro atoms. The molecule has 0 amide bonds. The average Bonchev–Trinajstić information content (AvgIpc) is 2.56. The van der Waals surface area contributed by atoms with Gasteiger partial charge in [-0.2, -0.15) is 4.98 Å². The maximum atomic E-state index is 13.0. The van der Waals surface area contributed by atoms with E-state index in [-0.39, 0.29) is 11.9 Å². The van der Waals surface area contributed by atoms with Crippen molar-refractivity contribution in [2.75, 3.05) is 31.7 Å². The number of hydrogen-bond acceptors (Lipinski definition) is 5. The lowest BCUT2D eigenvalue weighted by atomic mass is 10.1. The number of rotatable bonds is 3. The van der Waals surface area contributed by atoms with Gasteiger partial charge in [0.2, 0.25) is 11.8 Å². The molecule has 0 radical (unpaired) electrons. The molecule has 6 heteroatoms. The van der Waals surface area contributed by atoms with Crippen molar-refractivity contribution in [3.05, 3.63) is 47.9 Å². The second-order valence-corrected chi connectivity index (χ2v) is 4.76. The van der Waals surface area contributed by atoms with Gasteiger partial charge in [-0.25, -0.2) is 9.37 Å². The number of nitrogens with zero attached hydrogens (tertiary/aromatic N) is 3. The Bertz CT molecular complexity index is 606. The van der Waals surface area contributed by atoms with Gasteiger partial charge in [-0.1, -0.05) is 12.1 Å². The summed E-state index contributed by atoms with van der Waals surface area (Å²) in [5.74, 6) is 0.900. The number of ether oxygens (including phenoxy) is 2. The lowest BCUT2D eigenvalue weighted by Gasteiger charge is -2.33. The number of halogens is 1. The highest BCUT2D eigenvalue weighted by Crippen LogP contribution is 2.25. The van der Waals surface area contributed by atoms with Crippen LogP contribution in [0.15, 0.2) is 36.5 Å². The smallest absolute Gasteiger partial charge is 0.228 e. The highest BCUT2D eigenvalue weighted by molar-refractivity contribution is 5.34. The van der Waals surface area contributed by atoms with Crippen LogP contribution in [0.1, 0.15) is 11.7 Å². The normalized spacial score (nSPS) is 18.6. The van der Waals surface area contributed by atoms with Crippen LogP contribution in [0.25, 0.3) is 0 Å². The van der Waals surface area contributed by atoms with Crippen LogP contribution in [0.4, 0.5) is 10.3 Å². The van der Waals surface area contributed by atoms with Crippen molar-refractivity contribution in [2.24, 2.45) is 0 Å². The van der Waals surface area contributed by atoms with Crippen LogP contribution in [0, 0.1) is 5.82 Å². The second-order valence-electron chi connectivity index (χ2n) is 4.76. The number of methoxy groups -OCH3 is 1. The van der Waals surface area contributed by atoms with Crippen LogP contribution in [-0.4, -0.2) is 36.8 Å². The highest BCUT2D eigenvalue weighted by atomic mass is 19.1. The molecule has 2 heterocycles. The molecule has 5 nitrogen and oxygen atoms in total. The Morgan fingerprint density at radius 3 is 2.86 bits per heavy atom. The summed E-state index contributed by atoms with van der Waals surface area (Å²) >= 11 is 0. The van der Waals surface area contributed by atoms with Crippen molar-refractivity contribution >= 4 is 5.95 Å². The Kier molecular flexibility index (Phi) is 3.96. The van der Waals surface area contributed by atoms with Gasteiger partial charge in [-0.05, 0) is 17.7 Å². The summed E-state index contributed by atoms with van der Waals surface area (Å²) < 4.78 is 23.9. The SMILES string of the molecule is COc1ccnc(N2CCOC(c3ccc(F)cc3)C2)n1. The zero-order valence-corrected chi connectivity index (χ0v) is 11.7. The van der Waals surface area contributed by atoms with Crippen molar-refractivity contribution in [3.63, 3.8) is 0 Å². The summed E-state index contributed by atoms with van der Waals surface area (Å²) in [5, 5.41) is 0. The third-order valence-electron chi connectivity index (χ3n) is 3.42. The Morgan fingerprint density at radius 2 is 2.10 bits per heavy atom. The Hall–Kier alpha value is -2.21. The van der Waals surface area contributed by atoms with Crippen LogP contribution in [0.2, 0.25) is 0 Å². The molecule has 0 N–H and O–H groups in total. The maximum Gasteiger partial charge on any atom is 0.228 e. The predicted octanol–water partition coefficient (Wildman–Crippen LogP) is 2.20. The standard InChI is InChI=1S/C15H16FN3O2/c1-20-14-6-7-17-15(18-14)19-8-9-21-13(10-19)11-2-4-12(16)5-3-11/h2-7,13H,8-10H2,1H3. The fraction of sp³-hybridized carbons (Fsp3) is 0.333. The molecular weight excluding hydrogens is 273 g/mol.